The van der Waals surface area contributed by atoms with E-state index in [0.29, 0.717) is 13.0 Å². The molecule has 0 radical (unpaired) electrons. The molecule has 2 heterocycles. The van der Waals surface area contributed by atoms with E-state index < -0.39 is 6.10 Å². The van der Waals surface area contributed by atoms with Crippen molar-refractivity contribution >= 4 is 17.2 Å². The quantitative estimate of drug-likeness (QED) is 0.939. The first-order chi connectivity index (χ1) is 11.3. The average molecular weight is 328 g/mol. The molecule has 0 spiro atoms. The number of hydrogen-bond donors (Lipinski definition) is 1. The Morgan fingerprint density at radius 1 is 1.30 bits per heavy atom. The van der Waals surface area contributed by atoms with E-state index in [-0.39, 0.29) is 5.91 Å². The number of aromatic nitrogens is 1. The van der Waals surface area contributed by atoms with E-state index in [9.17, 15) is 4.79 Å². The van der Waals surface area contributed by atoms with Crippen molar-refractivity contribution in [3.8, 4) is 5.75 Å². The Morgan fingerprint density at radius 3 is 3.04 bits per heavy atom. The summed E-state index contributed by atoms with van der Waals surface area (Å²) in [6, 6.07) is 7.85. The Morgan fingerprint density at radius 2 is 2.17 bits per heavy atom. The summed E-state index contributed by atoms with van der Waals surface area (Å²) in [5.41, 5.74) is 2.40. The minimum Gasteiger partial charge on any atom is -0.480 e. The summed E-state index contributed by atoms with van der Waals surface area (Å²) in [6.45, 7) is 0.626. The summed E-state index contributed by atoms with van der Waals surface area (Å²) in [7, 11) is 0. The summed E-state index contributed by atoms with van der Waals surface area (Å²) in [4.78, 5) is 18.4. The number of nitrogens with one attached hydrogen (secondary N) is 1. The van der Waals surface area contributed by atoms with Crippen molar-refractivity contribution in [1.29, 1.82) is 0 Å². The number of carbonyl (C=O) groups excluding carboxylic acids is 1. The molecule has 1 amide bonds. The molecule has 1 aromatic heterocycles. The van der Waals surface area contributed by atoms with Gasteiger partial charge in [-0.1, -0.05) is 18.2 Å². The number of carbonyl (C=O) groups is 1. The number of fused-ring (bicyclic) bond motifs is 2. The molecule has 1 aliphatic heterocycles. The van der Waals surface area contributed by atoms with Gasteiger partial charge in [-0.3, -0.25) is 4.79 Å². The summed E-state index contributed by atoms with van der Waals surface area (Å²) >= 11 is 1.82. The van der Waals surface area contributed by atoms with Crippen LogP contribution >= 0.6 is 11.3 Å². The van der Waals surface area contributed by atoms with E-state index in [0.717, 1.165) is 29.2 Å². The van der Waals surface area contributed by atoms with E-state index >= 15 is 0 Å². The maximum atomic E-state index is 12.2. The van der Waals surface area contributed by atoms with Gasteiger partial charge in [-0.15, -0.1) is 11.3 Å². The van der Waals surface area contributed by atoms with Gasteiger partial charge in [0.25, 0.3) is 5.91 Å². The third-order valence-electron chi connectivity index (χ3n) is 4.47. The van der Waals surface area contributed by atoms with Gasteiger partial charge in [-0.05, 0) is 37.3 Å². The van der Waals surface area contributed by atoms with Crippen LogP contribution in [0.4, 0.5) is 0 Å². The van der Waals surface area contributed by atoms with E-state index in [4.69, 9.17) is 9.72 Å². The molecule has 4 rings (SSSR count). The largest absolute Gasteiger partial charge is 0.480 e. The highest BCUT2D eigenvalue weighted by atomic mass is 32.1. The van der Waals surface area contributed by atoms with Crippen LogP contribution in [-0.2, 0) is 30.5 Å². The van der Waals surface area contributed by atoms with Crippen molar-refractivity contribution < 1.29 is 9.53 Å². The molecule has 4 nitrogen and oxygen atoms in total. The van der Waals surface area contributed by atoms with Crippen LogP contribution in [0.15, 0.2) is 24.3 Å². The highest BCUT2D eigenvalue weighted by Gasteiger charge is 2.28. The molecule has 0 fully saturated rings. The number of amides is 1. The monoisotopic (exact) mass is 328 g/mol. The molecule has 0 saturated carbocycles. The molecule has 120 valence electrons. The van der Waals surface area contributed by atoms with Crippen molar-refractivity contribution in [3.63, 3.8) is 0 Å². The van der Waals surface area contributed by atoms with Crippen molar-refractivity contribution in [1.82, 2.24) is 10.3 Å². The van der Waals surface area contributed by atoms with Crippen LogP contribution in [-0.4, -0.2) is 23.5 Å². The van der Waals surface area contributed by atoms with Gasteiger partial charge in [-0.25, -0.2) is 4.98 Å². The first kappa shape index (κ1) is 14.7. The zero-order valence-electron chi connectivity index (χ0n) is 13.0. The summed E-state index contributed by atoms with van der Waals surface area (Å²) < 4.78 is 5.71. The highest BCUT2D eigenvalue weighted by molar-refractivity contribution is 7.11. The predicted octanol–water partition coefficient (Wildman–Crippen LogP) is 2.68. The lowest BCUT2D eigenvalue weighted by Gasteiger charge is -2.10. The van der Waals surface area contributed by atoms with E-state index in [1.54, 1.807) is 0 Å². The Bertz CT molecular complexity index is 677. The number of nitrogens with zero attached hydrogens (tertiary/aromatic N) is 1. The molecule has 2 aliphatic rings. The Hall–Kier alpha value is -1.88. The number of aryl methyl sites for hydroxylation is 2. The molecule has 23 heavy (non-hydrogen) atoms. The second-order valence-electron chi connectivity index (χ2n) is 6.14. The van der Waals surface area contributed by atoms with Crippen LogP contribution in [0.3, 0.4) is 0 Å². The molecule has 1 N–H and O–H groups in total. The van der Waals surface area contributed by atoms with Gasteiger partial charge in [0.05, 0.1) is 10.7 Å². The topological polar surface area (TPSA) is 51.2 Å². The molecular weight excluding hydrogens is 308 g/mol. The van der Waals surface area contributed by atoms with Gasteiger partial charge in [0.1, 0.15) is 5.75 Å². The summed E-state index contributed by atoms with van der Waals surface area (Å²) in [6.07, 6.45) is 5.91. The zero-order valence-corrected chi connectivity index (χ0v) is 13.8. The lowest BCUT2D eigenvalue weighted by Crippen LogP contribution is -2.38. The SMILES string of the molecule is O=C(NCCc1nc2c(s1)CCCC2)C1Cc2ccccc2O1. The van der Waals surface area contributed by atoms with Crippen molar-refractivity contribution in [2.45, 2.75) is 44.6 Å². The van der Waals surface area contributed by atoms with Crippen LogP contribution in [0.1, 0.15) is 34.0 Å². The molecule has 0 bridgehead atoms. The van der Waals surface area contributed by atoms with Gasteiger partial charge >= 0.3 is 0 Å². The van der Waals surface area contributed by atoms with E-state index in [1.807, 2.05) is 35.6 Å². The molecule has 5 heteroatoms. The Labute approximate surface area is 139 Å². The third kappa shape index (κ3) is 3.11. The zero-order chi connectivity index (χ0) is 15.6. The fourth-order valence-corrected chi connectivity index (χ4v) is 4.40. The molecule has 1 unspecified atom stereocenters. The smallest absolute Gasteiger partial charge is 0.261 e. The van der Waals surface area contributed by atoms with Crippen molar-refractivity contribution in [3.05, 3.63) is 45.4 Å². The fourth-order valence-electron chi connectivity index (χ4n) is 3.25. The average Bonchev–Trinajstić information content (AvgIpc) is 3.18. The van der Waals surface area contributed by atoms with Crippen LogP contribution < -0.4 is 10.1 Å². The van der Waals surface area contributed by atoms with Crippen molar-refractivity contribution in [2.24, 2.45) is 0 Å². The first-order valence-corrected chi connectivity index (χ1v) is 9.11. The van der Waals surface area contributed by atoms with Crippen LogP contribution in [0.2, 0.25) is 0 Å². The minimum atomic E-state index is -0.392. The number of benzene rings is 1. The number of rotatable bonds is 4. The van der Waals surface area contributed by atoms with Gasteiger partial charge in [0.2, 0.25) is 0 Å². The molecule has 1 aromatic carbocycles. The molecule has 1 atom stereocenters. The Balaban J connectivity index is 1.28. The van der Waals surface area contributed by atoms with Crippen molar-refractivity contribution in [2.75, 3.05) is 6.54 Å². The molecule has 0 saturated heterocycles. The molecule has 1 aliphatic carbocycles. The lowest BCUT2D eigenvalue weighted by atomic mass is 10.0. The van der Waals surface area contributed by atoms with Crippen LogP contribution in [0.25, 0.3) is 0 Å². The normalized spacial score (nSPS) is 18.9. The fraction of sp³-hybridized carbons (Fsp3) is 0.444. The van der Waals surface area contributed by atoms with Gasteiger partial charge < -0.3 is 10.1 Å². The maximum Gasteiger partial charge on any atom is 0.261 e. The summed E-state index contributed by atoms with van der Waals surface area (Å²) in [5.74, 6) is 0.808. The number of ether oxygens (including phenoxy) is 1. The Kier molecular flexibility index (Phi) is 4.04. The second-order valence-corrected chi connectivity index (χ2v) is 7.31. The molecule has 2 aromatic rings. The van der Waals surface area contributed by atoms with Gasteiger partial charge in [0.15, 0.2) is 6.10 Å². The lowest BCUT2D eigenvalue weighted by molar-refractivity contribution is -0.127. The number of thiazole rings is 1. The standard InChI is InChI=1S/C18H20N2O2S/c21-18(15-11-12-5-1-3-7-14(12)22-15)19-10-9-17-20-13-6-2-4-8-16(13)23-17/h1,3,5,7,15H,2,4,6,8-11H2,(H,19,21). The van der Waals surface area contributed by atoms with Crippen LogP contribution in [0, 0.1) is 0 Å². The first-order valence-electron chi connectivity index (χ1n) is 8.29. The molecular formula is C18H20N2O2S. The predicted molar refractivity (Wildman–Crippen MR) is 90.0 cm³/mol. The minimum absolute atomic E-state index is 0.0254. The van der Waals surface area contributed by atoms with Gasteiger partial charge in [-0.2, -0.15) is 0 Å². The van der Waals surface area contributed by atoms with Crippen LogP contribution in [0.5, 0.6) is 5.75 Å². The second kappa shape index (κ2) is 6.32. The van der Waals surface area contributed by atoms with E-state index in [2.05, 4.69) is 5.32 Å². The summed E-state index contributed by atoms with van der Waals surface area (Å²) in [5, 5.41) is 4.14. The number of para-hydroxylation sites is 1. The van der Waals surface area contributed by atoms with Gasteiger partial charge in [0, 0.05) is 24.3 Å². The van der Waals surface area contributed by atoms with E-state index in [1.165, 1.54) is 29.8 Å². The third-order valence-corrected chi connectivity index (χ3v) is 5.68. The number of hydrogen-bond acceptors (Lipinski definition) is 4. The highest BCUT2D eigenvalue weighted by Crippen LogP contribution is 2.28. The maximum absolute atomic E-state index is 12.2.